The van der Waals surface area contributed by atoms with Crippen molar-refractivity contribution in [2.45, 2.75) is 13.3 Å². The maximum Gasteiger partial charge on any atom is 0.123 e. The van der Waals surface area contributed by atoms with E-state index in [9.17, 15) is 8.78 Å². The molecule has 0 bridgehead atoms. The lowest BCUT2D eigenvalue weighted by Crippen LogP contribution is -2.19. The number of nitrogens with zero attached hydrogens (tertiary/aromatic N) is 1. The van der Waals surface area contributed by atoms with Crippen molar-refractivity contribution in [3.8, 4) is 0 Å². The van der Waals surface area contributed by atoms with Crippen LogP contribution >= 0.6 is 0 Å². The van der Waals surface area contributed by atoms with Gasteiger partial charge in [-0.05, 0) is 67.9 Å². The van der Waals surface area contributed by atoms with Gasteiger partial charge in [-0.25, -0.2) is 8.78 Å². The van der Waals surface area contributed by atoms with E-state index in [-0.39, 0.29) is 11.6 Å². The largest absolute Gasteiger partial charge is 0.342 e. The minimum absolute atomic E-state index is 0.271. The van der Waals surface area contributed by atoms with Crippen LogP contribution in [0.2, 0.25) is 0 Å². The summed E-state index contributed by atoms with van der Waals surface area (Å²) in [5.74, 6) is -0.543. The Balaban J connectivity index is 2.43. The van der Waals surface area contributed by atoms with Crippen LogP contribution in [-0.2, 0) is 6.42 Å². The van der Waals surface area contributed by atoms with Crippen LogP contribution in [0.4, 0.5) is 20.2 Å². The van der Waals surface area contributed by atoms with Crippen molar-refractivity contribution in [1.82, 2.24) is 0 Å². The van der Waals surface area contributed by atoms with Gasteiger partial charge >= 0.3 is 0 Å². The molecule has 0 atom stereocenters. The smallest absolute Gasteiger partial charge is 0.123 e. The van der Waals surface area contributed by atoms with Crippen molar-refractivity contribution in [2.24, 2.45) is 5.73 Å². The van der Waals surface area contributed by atoms with Crippen molar-refractivity contribution in [3.63, 3.8) is 0 Å². The standard InChI is InChI=1S/C16H18F2N2/c1-2-20(15-6-3-13(17)4-7-15)16-8-5-14(18)11-12(16)9-10-19/h3-8,11H,2,9-10,19H2,1H3. The third-order valence-corrected chi connectivity index (χ3v) is 3.20. The summed E-state index contributed by atoms with van der Waals surface area (Å²) >= 11 is 0. The highest BCUT2D eigenvalue weighted by Gasteiger charge is 2.12. The van der Waals surface area contributed by atoms with E-state index in [1.54, 1.807) is 18.2 Å². The molecule has 0 saturated heterocycles. The average molecular weight is 276 g/mol. The van der Waals surface area contributed by atoms with E-state index >= 15 is 0 Å². The lowest BCUT2D eigenvalue weighted by Gasteiger charge is -2.26. The topological polar surface area (TPSA) is 29.3 Å². The SMILES string of the molecule is CCN(c1ccc(F)cc1)c1ccc(F)cc1CCN. The second kappa shape index (κ2) is 6.48. The van der Waals surface area contributed by atoms with Crippen LogP contribution in [0.1, 0.15) is 12.5 Å². The molecule has 2 N–H and O–H groups in total. The lowest BCUT2D eigenvalue weighted by molar-refractivity contribution is 0.625. The molecule has 0 unspecified atom stereocenters. The van der Waals surface area contributed by atoms with Gasteiger partial charge in [0.25, 0.3) is 0 Å². The first-order chi connectivity index (χ1) is 9.65. The van der Waals surface area contributed by atoms with Crippen LogP contribution in [0, 0.1) is 11.6 Å². The van der Waals surface area contributed by atoms with Gasteiger partial charge in [-0.1, -0.05) is 0 Å². The molecule has 2 nitrogen and oxygen atoms in total. The first kappa shape index (κ1) is 14.5. The molecule has 0 saturated carbocycles. The predicted octanol–water partition coefficient (Wildman–Crippen LogP) is 3.62. The highest BCUT2D eigenvalue weighted by molar-refractivity contribution is 5.66. The number of benzene rings is 2. The van der Waals surface area contributed by atoms with Crippen molar-refractivity contribution in [1.29, 1.82) is 0 Å². The fourth-order valence-corrected chi connectivity index (χ4v) is 2.29. The predicted molar refractivity (Wildman–Crippen MR) is 78.2 cm³/mol. The molecule has 0 aliphatic carbocycles. The number of rotatable bonds is 5. The molecule has 0 spiro atoms. The second-order valence-electron chi connectivity index (χ2n) is 4.53. The second-order valence-corrected chi connectivity index (χ2v) is 4.53. The number of hydrogen-bond donors (Lipinski definition) is 1. The quantitative estimate of drug-likeness (QED) is 0.903. The van der Waals surface area contributed by atoms with E-state index in [0.717, 1.165) is 16.9 Å². The van der Waals surface area contributed by atoms with Crippen molar-refractivity contribution in [2.75, 3.05) is 18.0 Å². The summed E-state index contributed by atoms with van der Waals surface area (Å²) in [4.78, 5) is 2.02. The minimum Gasteiger partial charge on any atom is -0.342 e. The number of nitrogens with two attached hydrogens (primary N) is 1. The Morgan fingerprint density at radius 1 is 1.00 bits per heavy atom. The number of halogens is 2. The monoisotopic (exact) mass is 276 g/mol. The van der Waals surface area contributed by atoms with Crippen LogP contribution in [0.15, 0.2) is 42.5 Å². The summed E-state index contributed by atoms with van der Waals surface area (Å²) in [6.07, 6.45) is 0.602. The first-order valence-electron chi connectivity index (χ1n) is 6.67. The minimum atomic E-state index is -0.272. The fraction of sp³-hybridized carbons (Fsp3) is 0.250. The summed E-state index contributed by atoms with van der Waals surface area (Å²) < 4.78 is 26.4. The Morgan fingerprint density at radius 2 is 1.65 bits per heavy atom. The maximum absolute atomic E-state index is 13.4. The molecule has 0 radical (unpaired) electrons. The zero-order chi connectivity index (χ0) is 14.5. The molecule has 20 heavy (non-hydrogen) atoms. The Labute approximate surface area is 117 Å². The highest BCUT2D eigenvalue weighted by atomic mass is 19.1. The molecule has 0 fully saturated rings. The van der Waals surface area contributed by atoms with Crippen molar-refractivity contribution in [3.05, 3.63) is 59.7 Å². The highest BCUT2D eigenvalue weighted by Crippen LogP contribution is 2.29. The van der Waals surface area contributed by atoms with E-state index in [4.69, 9.17) is 5.73 Å². The summed E-state index contributed by atoms with van der Waals surface area (Å²) in [6.45, 7) is 3.16. The molecule has 0 aromatic heterocycles. The van der Waals surface area contributed by atoms with E-state index in [2.05, 4.69) is 0 Å². The molecule has 106 valence electrons. The van der Waals surface area contributed by atoms with E-state index in [1.165, 1.54) is 24.3 Å². The summed E-state index contributed by atoms with van der Waals surface area (Å²) in [5.41, 5.74) is 8.23. The molecule has 0 amide bonds. The number of anilines is 2. The van der Waals surface area contributed by atoms with Gasteiger partial charge in [0.1, 0.15) is 11.6 Å². The van der Waals surface area contributed by atoms with Gasteiger partial charge in [0.2, 0.25) is 0 Å². The van der Waals surface area contributed by atoms with Crippen LogP contribution in [-0.4, -0.2) is 13.1 Å². The van der Waals surface area contributed by atoms with Crippen molar-refractivity contribution < 1.29 is 8.78 Å². The van der Waals surface area contributed by atoms with E-state index in [1.807, 2.05) is 11.8 Å². The molecule has 2 aromatic rings. The molecule has 4 heteroatoms. The van der Waals surface area contributed by atoms with E-state index in [0.29, 0.717) is 19.5 Å². The molecular weight excluding hydrogens is 258 g/mol. The summed E-state index contributed by atoms with van der Waals surface area (Å²) in [7, 11) is 0. The molecule has 0 aliphatic heterocycles. The molecule has 0 aliphatic rings. The lowest BCUT2D eigenvalue weighted by atomic mass is 10.1. The molecule has 0 heterocycles. The van der Waals surface area contributed by atoms with Gasteiger partial charge < -0.3 is 10.6 Å². The van der Waals surface area contributed by atoms with E-state index < -0.39 is 0 Å². The van der Waals surface area contributed by atoms with Gasteiger partial charge in [0.05, 0.1) is 0 Å². The average Bonchev–Trinajstić information content (AvgIpc) is 2.44. The van der Waals surface area contributed by atoms with Crippen LogP contribution in [0.3, 0.4) is 0 Å². The Kier molecular flexibility index (Phi) is 4.69. The van der Waals surface area contributed by atoms with Crippen LogP contribution in [0.25, 0.3) is 0 Å². The third-order valence-electron chi connectivity index (χ3n) is 3.20. The first-order valence-corrected chi connectivity index (χ1v) is 6.67. The van der Waals surface area contributed by atoms with Gasteiger partial charge in [0, 0.05) is 17.9 Å². The van der Waals surface area contributed by atoms with Gasteiger partial charge in [-0.2, -0.15) is 0 Å². The van der Waals surface area contributed by atoms with Crippen LogP contribution in [0.5, 0.6) is 0 Å². The Bertz CT molecular complexity index is 567. The zero-order valence-corrected chi connectivity index (χ0v) is 11.4. The molecule has 2 aromatic carbocycles. The Hall–Kier alpha value is -1.94. The number of hydrogen-bond acceptors (Lipinski definition) is 2. The van der Waals surface area contributed by atoms with Gasteiger partial charge in [-0.15, -0.1) is 0 Å². The summed E-state index contributed by atoms with van der Waals surface area (Å²) in [6, 6.07) is 11.0. The maximum atomic E-state index is 13.4. The molecule has 2 rings (SSSR count). The summed E-state index contributed by atoms with van der Waals surface area (Å²) in [5, 5.41) is 0. The van der Waals surface area contributed by atoms with Gasteiger partial charge in [0.15, 0.2) is 0 Å². The van der Waals surface area contributed by atoms with Crippen molar-refractivity contribution >= 4 is 11.4 Å². The Morgan fingerprint density at radius 3 is 2.25 bits per heavy atom. The zero-order valence-electron chi connectivity index (χ0n) is 11.4. The van der Waals surface area contributed by atoms with Gasteiger partial charge in [-0.3, -0.25) is 0 Å². The fourth-order valence-electron chi connectivity index (χ4n) is 2.29. The normalized spacial score (nSPS) is 10.6. The van der Waals surface area contributed by atoms with Crippen LogP contribution < -0.4 is 10.6 Å². The third kappa shape index (κ3) is 3.14. The molecular formula is C16H18F2N2.